The van der Waals surface area contributed by atoms with Crippen molar-refractivity contribution < 1.29 is 9.53 Å². The summed E-state index contributed by atoms with van der Waals surface area (Å²) in [5.41, 5.74) is 0.530. The third-order valence-electron chi connectivity index (χ3n) is 3.01. The molecule has 0 amide bonds. The van der Waals surface area contributed by atoms with Crippen LogP contribution in [0.3, 0.4) is 0 Å². The smallest absolute Gasteiger partial charge is 0.339 e. The third kappa shape index (κ3) is 2.93. The molecule has 0 aliphatic rings. The first-order valence-corrected chi connectivity index (χ1v) is 8.28. The third-order valence-corrected chi connectivity index (χ3v) is 5.48. The molecule has 0 fully saturated rings. The Kier molecular flexibility index (Phi) is 4.19. The summed E-state index contributed by atoms with van der Waals surface area (Å²) in [4.78, 5) is 13.8. The molecule has 1 aromatic heterocycles. The quantitative estimate of drug-likeness (QED) is 0.592. The number of methoxy groups -OCH3 is 1. The molecule has 0 saturated heterocycles. The van der Waals surface area contributed by atoms with Crippen LogP contribution in [0.1, 0.15) is 10.4 Å². The molecule has 3 rings (SSSR count). The summed E-state index contributed by atoms with van der Waals surface area (Å²) in [5.74, 6) is -0.353. The van der Waals surface area contributed by atoms with Crippen LogP contribution in [0.25, 0.3) is 10.1 Å². The molecule has 21 heavy (non-hydrogen) atoms. The number of ether oxygens (including phenoxy) is 1. The molecule has 2 nitrogen and oxygen atoms in total. The van der Waals surface area contributed by atoms with Crippen molar-refractivity contribution in [2.75, 3.05) is 7.11 Å². The number of hydrogen-bond donors (Lipinski definition) is 0. The lowest BCUT2D eigenvalue weighted by Crippen LogP contribution is -2.02. The maximum atomic E-state index is 11.9. The van der Waals surface area contributed by atoms with Crippen molar-refractivity contribution in [3.8, 4) is 0 Å². The molecule has 106 valence electrons. The molecule has 0 atom stereocenters. The Morgan fingerprint density at radius 1 is 1.19 bits per heavy atom. The maximum Gasteiger partial charge on any atom is 0.339 e. The lowest BCUT2D eigenvalue weighted by atomic mass is 10.2. The summed E-state index contributed by atoms with van der Waals surface area (Å²) in [5, 5.41) is 3.88. The van der Waals surface area contributed by atoms with Gasteiger partial charge in [-0.25, -0.2) is 4.79 Å². The Bertz CT molecular complexity index is 811. The largest absolute Gasteiger partial charge is 0.465 e. The lowest BCUT2D eigenvalue weighted by Gasteiger charge is -2.07. The van der Waals surface area contributed by atoms with Gasteiger partial charge in [0.05, 0.1) is 12.7 Å². The Labute approximate surface area is 135 Å². The number of carbonyl (C=O) groups excluding carboxylic acids is 1. The molecule has 0 N–H and O–H groups in total. The van der Waals surface area contributed by atoms with Crippen molar-refractivity contribution in [2.24, 2.45) is 0 Å². The average molecular weight is 335 g/mol. The van der Waals surface area contributed by atoms with Crippen molar-refractivity contribution in [1.82, 2.24) is 0 Å². The first kappa shape index (κ1) is 14.4. The highest BCUT2D eigenvalue weighted by molar-refractivity contribution is 7.99. The van der Waals surface area contributed by atoms with Crippen LogP contribution in [-0.4, -0.2) is 13.1 Å². The van der Waals surface area contributed by atoms with E-state index in [1.54, 1.807) is 29.5 Å². The van der Waals surface area contributed by atoms with E-state index in [9.17, 15) is 4.79 Å². The topological polar surface area (TPSA) is 26.3 Å². The summed E-state index contributed by atoms with van der Waals surface area (Å²) >= 11 is 9.28. The van der Waals surface area contributed by atoms with Crippen LogP contribution in [0.15, 0.2) is 57.6 Å². The standard InChI is InChI=1S/C16H11ClO2S2/c1-19-16(18)12-7-6-10(17)8-14(12)21-15-9-20-13-5-3-2-4-11(13)15/h2-9H,1H3. The number of rotatable bonds is 3. The molecular weight excluding hydrogens is 324 g/mol. The predicted molar refractivity (Wildman–Crippen MR) is 88.7 cm³/mol. The fourth-order valence-electron chi connectivity index (χ4n) is 2.01. The monoisotopic (exact) mass is 334 g/mol. The highest BCUT2D eigenvalue weighted by Crippen LogP contribution is 2.39. The van der Waals surface area contributed by atoms with E-state index >= 15 is 0 Å². The van der Waals surface area contributed by atoms with E-state index in [4.69, 9.17) is 16.3 Å². The van der Waals surface area contributed by atoms with E-state index in [0.29, 0.717) is 10.6 Å². The van der Waals surface area contributed by atoms with E-state index in [2.05, 4.69) is 17.5 Å². The summed E-state index contributed by atoms with van der Waals surface area (Å²) in [6.07, 6.45) is 0. The number of fused-ring (bicyclic) bond motifs is 1. The zero-order valence-corrected chi connectivity index (χ0v) is 13.5. The number of thiophene rings is 1. The predicted octanol–water partition coefficient (Wildman–Crippen LogP) is 5.49. The summed E-state index contributed by atoms with van der Waals surface area (Å²) in [6, 6.07) is 13.4. The van der Waals surface area contributed by atoms with Gasteiger partial charge in [0.1, 0.15) is 0 Å². The SMILES string of the molecule is COC(=O)c1ccc(Cl)cc1Sc1csc2ccccc12. The first-order valence-electron chi connectivity index (χ1n) is 6.21. The Morgan fingerprint density at radius 2 is 2.00 bits per heavy atom. The van der Waals surface area contributed by atoms with Gasteiger partial charge in [0.25, 0.3) is 0 Å². The minimum atomic E-state index is -0.353. The fraction of sp³-hybridized carbons (Fsp3) is 0.0625. The average Bonchev–Trinajstić information content (AvgIpc) is 2.90. The maximum absolute atomic E-state index is 11.9. The van der Waals surface area contributed by atoms with Gasteiger partial charge >= 0.3 is 5.97 Å². The van der Waals surface area contributed by atoms with Gasteiger partial charge in [-0.3, -0.25) is 0 Å². The van der Waals surface area contributed by atoms with Crippen LogP contribution in [0.4, 0.5) is 0 Å². The van der Waals surface area contributed by atoms with Gasteiger partial charge in [-0.15, -0.1) is 11.3 Å². The van der Waals surface area contributed by atoms with Crippen molar-refractivity contribution in [1.29, 1.82) is 0 Å². The molecule has 0 bridgehead atoms. The van der Waals surface area contributed by atoms with Gasteiger partial charge in [0.2, 0.25) is 0 Å². The van der Waals surface area contributed by atoms with E-state index in [-0.39, 0.29) is 5.97 Å². The van der Waals surface area contributed by atoms with Gasteiger partial charge in [-0.2, -0.15) is 0 Å². The first-order chi connectivity index (χ1) is 10.2. The molecule has 0 aliphatic carbocycles. The summed E-state index contributed by atoms with van der Waals surface area (Å²) in [6.45, 7) is 0. The molecule has 0 aliphatic heterocycles. The second-order valence-electron chi connectivity index (χ2n) is 4.33. The van der Waals surface area contributed by atoms with E-state index in [0.717, 1.165) is 9.79 Å². The molecule has 1 heterocycles. The highest BCUT2D eigenvalue weighted by Gasteiger charge is 2.15. The van der Waals surface area contributed by atoms with Crippen molar-refractivity contribution in [3.05, 3.63) is 58.4 Å². The fourth-order valence-corrected chi connectivity index (χ4v) is 4.44. The van der Waals surface area contributed by atoms with Gasteiger partial charge < -0.3 is 4.74 Å². The molecule has 0 spiro atoms. The van der Waals surface area contributed by atoms with Crippen molar-refractivity contribution in [3.63, 3.8) is 0 Å². The highest BCUT2D eigenvalue weighted by atomic mass is 35.5. The minimum absolute atomic E-state index is 0.353. The van der Waals surface area contributed by atoms with Gasteiger partial charge in [-0.05, 0) is 24.3 Å². The Morgan fingerprint density at radius 3 is 2.81 bits per heavy atom. The number of benzene rings is 2. The van der Waals surface area contributed by atoms with Crippen LogP contribution in [-0.2, 0) is 4.74 Å². The zero-order chi connectivity index (χ0) is 14.8. The Hall–Kier alpha value is -1.49. The number of hydrogen-bond acceptors (Lipinski definition) is 4. The van der Waals surface area contributed by atoms with Crippen molar-refractivity contribution in [2.45, 2.75) is 9.79 Å². The van der Waals surface area contributed by atoms with Gasteiger partial charge in [0.15, 0.2) is 0 Å². The Balaban J connectivity index is 2.05. The molecule has 3 aromatic rings. The molecular formula is C16H11ClO2S2. The van der Waals surface area contributed by atoms with Crippen LogP contribution < -0.4 is 0 Å². The lowest BCUT2D eigenvalue weighted by molar-refractivity contribution is 0.0597. The van der Waals surface area contributed by atoms with Gasteiger partial charge in [0, 0.05) is 30.3 Å². The number of esters is 1. The second-order valence-corrected chi connectivity index (χ2v) is 6.76. The van der Waals surface area contributed by atoms with E-state index in [1.165, 1.54) is 29.0 Å². The second kappa shape index (κ2) is 6.10. The number of halogens is 1. The summed E-state index contributed by atoms with van der Waals surface area (Å²) in [7, 11) is 1.38. The van der Waals surface area contributed by atoms with E-state index in [1.807, 2.05) is 12.1 Å². The van der Waals surface area contributed by atoms with E-state index < -0.39 is 0 Å². The molecule has 0 saturated carbocycles. The van der Waals surface area contributed by atoms with Crippen LogP contribution in [0.2, 0.25) is 5.02 Å². The normalized spacial score (nSPS) is 10.8. The minimum Gasteiger partial charge on any atom is -0.465 e. The van der Waals surface area contributed by atoms with Gasteiger partial charge in [-0.1, -0.05) is 41.6 Å². The van der Waals surface area contributed by atoms with Crippen molar-refractivity contribution >= 4 is 50.8 Å². The van der Waals surface area contributed by atoms with Crippen LogP contribution in [0.5, 0.6) is 0 Å². The molecule has 0 radical (unpaired) electrons. The van der Waals surface area contributed by atoms with Crippen LogP contribution >= 0.6 is 34.7 Å². The molecule has 0 unspecified atom stereocenters. The summed E-state index contributed by atoms with van der Waals surface area (Å²) < 4.78 is 6.05. The zero-order valence-electron chi connectivity index (χ0n) is 11.1. The molecule has 5 heteroatoms. The number of carbonyl (C=O) groups is 1. The van der Waals surface area contributed by atoms with Crippen LogP contribution in [0, 0.1) is 0 Å². The molecule has 2 aromatic carbocycles.